The lowest BCUT2D eigenvalue weighted by molar-refractivity contribution is -0.141. The zero-order chi connectivity index (χ0) is 21.7. The molecule has 3 aliphatic rings. The fraction of sp³-hybridized carbons (Fsp3) is 0.636. The third-order valence-electron chi connectivity index (χ3n) is 7.73. The van der Waals surface area contributed by atoms with Crippen molar-refractivity contribution in [1.29, 1.82) is 0 Å². The van der Waals surface area contributed by atoms with Crippen molar-refractivity contribution in [3.63, 3.8) is 0 Å². The highest BCUT2D eigenvalue weighted by Crippen LogP contribution is 2.62. The second-order valence-electron chi connectivity index (χ2n) is 9.39. The third kappa shape index (κ3) is 3.15. The van der Waals surface area contributed by atoms with Gasteiger partial charge in [-0.25, -0.2) is 8.42 Å². The van der Waals surface area contributed by atoms with Crippen LogP contribution in [0.3, 0.4) is 0 Å². The maximum atomic E-state index is 13.2. The van der Waals surface area contributed by atoms with Crippen molar-refractivity contribution < 1.29 is 18.0 Å². The fourth-order valence-corrected chi connectivity index (χ4v) is 7.57. The van der Waals surface area contributed by atoms with Crippen molar-refractivity contribution in [2.45, 2.75) is 37.5 Å². The van der Waals surface area contributed by atoms with Gasteiger partial charge in [-0.3, -0.25) is 9.59 Å². The Balaban J connectivity index is 1.58. The van der Waals surface area contributed by atoms with Crippen LogP contribution < -0.4 is 0 Å². The summed E-state index contributed by atoms with van der Waals surface area (Å²) in [5, 5.41) is 0. The molecule has 0 radical (unpaired) electrons. The molecule has 164 valence electrons. The maximum absolute atomic E-state index is 13.2. The minimum absolute atomic E-state index is 0.00886. The number of rotatable bonds is 3. The van der Waals surface area contributed by atoms with Crippen LogP contribution in [0.15, 0.2) is 35.2 Å². The summed E-state index contributed by atoms with van der Waals surface area (Å²) in [6.07, 6.45) is 3.15. The summed E-state index contributed by atoms with van der Waals surface area (Å²) in [6.45, 7) is 3.56. The molecule has 2 atom stereocenters. The van der Waals surface area contributed by atoms with E-state index in [0.717, 1.165) is 25.7 Å². The van der Waals surface area contributed by atoms with Crippen molar-refractivity contribution in [3.8, 4) is 0 Å². The van der Waals surface area contributed by atoms with Gasteiger partial charge >= 0.3 is 0 Å². The largest absolute Gasteiger partial charge is 0.348 e. The van der Waals surface area contributed by atoms with Crippen molar-refractivity contribution >= 4 is 21.8 Å². The molecule has 0 unspecified atom stereocenters. The van der Waals surface area contributed by atoms with E-state index < -0.39 is 15.4 Å². The molecule has 2 amide bonds. The molecule has 0 bridgehead atoms. The molecular weight excluding hydrogens is 402 g/mol. The lowest BCUT2D eigenvalue weighted by atomic mass is 9.66. The standard InChI is InChI=1S/C22H31N3O4S/c1-17(26)24-15-19-21(9-10-22(19,16-24)20(27)23(2)3)11-13-25(14-12-21)30(28,29)18-7-5-4-6-8-18/h4-8,19H,9-16H2,1-3H3/t19-,22+/m1/s1. The first-order valence-electron chi connectivity index (χ1n) is 10.6. The number of carbonyl (C=O) groups excluding carboxylic acids is 2. The Morgan fingerprint density at radius 3 is 2.23 bits per heavy atom. The van der Waals surface area contributed by atoms with E-state index in [0.29, 0.717) is 31.1 Å². The minimum atomic E-state index is -3.51. The summed E-state index contributed by atoms with van der Waals surface area (Å²) < 4.78 is 27.6. The predicted molar refractivity (Wildman–Crippen MR) is 113 cm³/mol. The average Bonchev–Trinajstić information content (AvgIpc) is 3.26. The van der Waals surface area contributed by atoms with E-state index >= 15 is 0 Å². The number of benzene rings is 1. The zero-order valence-electron chi connectivity index (χ0n) is 18.0. The SMILES string of the molecule is CC(=O)N1C[C@@H]2C3(CCN(S(=O)(=O)c4ccccc4)CC3)CC[C@]2(C(=O)N(C)C)C1. The van der Waals surface area contributed by atoms with E-state index in [-0.39, 0.29) is 23.1 Å². The Morgan fingerprint density at radius 1 is 1.03 bits per heavy atom. The summed E-state index contributed by atoms with van der Waals surface area (Å²) in [5.41, 5.74) is -0.617. The smallest absolute Gasteiger partial charge is 0.243 e. The maximum Gasteiger partial charge on any atom is 0.243 e. The average molecular weight is 434 g/mol. The highest BCUT2D eigenvalue weighted by molar-refractivity contribution is 7.89. The molecule has 1 aromatic rings. The number of amides is 2. The first-order chi connectivity index (χ1) is 14.1. The van der Waals surface area contributed by atoms with Crippen molar-refractivity contribution in [1.82, 2.24) is 14.1 Å². The number of hydrogen-bond donors (Lipinski definition) is 0. The van der Waals surface area contributed by atoms with Crippen molar-refractivity contribution in [3.05, 3.63) is 30.3 Å². The van der Waals surface area contributed by atoms with Gasteiger partial charge < -0.3 is 9.80 Å². The first-order valence-corrected chi connectivity index (χ1v) is 12.1. The van der Waals surface area contributed by atoms with Gasteiger partial charge in [-0.2, -0.15) is 4.31 Å². The predicted octanol–water partition coefficient (Wildman–Crippen LogP) is 1.80. The van der Waals surface area contributed by atoms with Gasteiger partial charge in [-0.05, 0) is 49.1 Å². The van der Waals surface area contributed by atoms with Gasteiger partial charge in [-0.1, -0.05) is 18.2 Å². The Labute approximate surface area is 179 Å². The zero-order valence-corrected chi connectivity index (χ0v) is 18.8. The van der Waals surface area contributed by atoms with Gasteiger partial charge in [-0.15, -0.1) is 0 Å². The van der Waals surface area contributed by atoms with Crippen LogP contribution in [0, 0.1) is 16.7 Å². The number of fused-ring (bicyclic) bond motifs is 2. The van der Waals surface area contributed by atoms with E-state index in [1.165, 1.54) is 0 Å². The number of likely N-dealkylation sites (tertiary alicyclic amines) is 1. The molecule has 0 N–H and O–H groups in total. The van der Waals surface area contributed by atoms with E-state index in [2.05, 4.69) is 0 Å². The van der Waals surface area contributed by atoms with E-state index in [1.807, 2.05) is 11.0 Å². The normalized spacial score (nSPS) is 28.5. The number of sulfonamides is 1. The molecular formula is C22H31N3O4S. The number of piperidine rings is 1. The van der Waals surface area contributed by atoms with Gasteiger partial charge in [0.15, 0.2) is 0 Å². The molecule has 8 heteroatoms. The summed E-state index contributed by atoms with van der Waals surface area (Å²) in [6, 6.07) is 8.57. The molecule has 1 saturated carbocycles. The van der Waals surface area contributed by atoms with Crippen LogP contribution in [0.25, 0.3) is 0 Å². The monoisotopic (exact) mass is 433 g/mol. The highest BCUT2D eigenvalue weighted by atomic mass is 32.2. The van der Waals surface area contributed by atoms with Crippen molar-refractivity contribution in [2.24, 2.45) is 16.7 Å². The number of carbonyl (C=O) groups is 2. The van der Waals surface area contributed by atoms with Crippen LogP contribution in [0.4, 0.5) is 0 Å². The summed E-state index contributed by atoms with van der Waals surface area (Å²) >= 11 is 0. The molecule has 2 saturated heterocycles. The van der Waals surface area contributed by atoms with Gasteiger partial charge in [0.05, 0.1) is 10.3 Å². The molecule has 1 spiro atoms. The van der Waals surface area contributed by atoms with Gasteiger partial charge in [0.2, 0.25) is 21.8 Å². The van der Waals surface area contributed by atoms with Crippen LogP contribution >= 0.6 is 0 Å². The third-order valence-corrected chi connectivity index (χ3v) is 9.64. The molecule has 3 fully saturated rings. The van der Waals surface area contributed by atoms with Crippen molar-refractivity contribution in [2.75, 3.05) is 40.3 Å². The molecule has 1 aromatic carbocycles. The lowest BCUT2D eigenvalue weighted by Crippen LogP contribution is -2.49. The van der Waals surface area contributed by atoms with Gasteiger partial charge in [0.1, 0.15) is 0 Å². The van der Waals surface area contributed by atoms with Crippen LogP contribution in [0.2, 0.25) is 0 Å². The Kier molecular flexibility index (Phi) is 5.21. The molecule has 30 heavy (non-hydrogen) atoms. The molecule has 1 aliphatic carbocycles. The van der Waals surface area contributed by atoms with Crippen LogP contribution in [0.1, 0.15) is 32.6 Å². The second-order valence-corrected chi connectivity index (χ2v) is 11.3. The summed E-state index contributed by atoms with van der Waals surface area (Å²) in [7, 11) is 0.0588. The van der Waals surface area contributed by atoms with E-state index in [1.54, 1.807) is 54.5 Å². The number of nitrogens with zero attached hydrogens (tertiary/aromatic N) is 3. The number of hydrogen-bond acceptors (Lipinski definition) is 4. The van der Waals surface area contributed by atoms with Crippen LogP contribution in [0.5, 0.6) is 0 Å². The van der Waals surface area contributed by atoms with Crippen LogP contribution in [-0.4, -0.2) is 74.6 Å². The summed E-state index contributed by atoms with van der Waals surface area (Å²) in [5.74, 6) is 0.201. The molecule has 0 aromatic heterocycles. The minimum Gasteiger partial charge on any atom is -0.348 e. The van der Waals surface area contributed by atoms with Crippen LogP contribution in [-0.2, 0) is 19.6 Å². The lowest BCUT2D eigenvalue weighted by Gasteiger charge is -2.44. The topological polar surface area (TPSA) is 78.0 Å². The first kappa shape index (κ1) is 21.3. The molecule has 2 heterocycles. The van der Waals surface area contributed by atoms with Gasteiger partial charge in [0.25, 0.3) is 0 Å². The molecule has 2 aliphatic heterocycles. The Morgan fingerprint density at radius 2 is 1.67 bits per heavy atom. The Bertz CT molecular complexity index is 938. The Hall–Kier alpha value is -1.93. The molecule has 4 rings (SSSR count). The van der Waals surface area contributed by atoms with E-state index in [4.69, 9.17) is 0 Å². The highest BCUT2D eigenvalue weighted by Gasteiger charge is 2.65. The second kappa shape index (κ2) is 7.34. The van der Waals surface area contributed by atoms with E-state index in [9.17, 15) is 18.0 Å². The molecule has 7 nitrogen and oxygen atoms in total. The van der Waals surface area contributed by atoms with Gasteiger partial charge in [0, 0.05) is 47.2 Å². The summed E-state index contributed by atoms with van der Waals surface area (Å²) in [4.78, 5) is 29.2. The quantitative estimate of drug-likeness (QED) is 0.728. The fourth-order valence-electron chi connectivity index (χ4n) is 6.11.